The molecule has 1 aromatic rings. The monoisotopic (exact) mass is 291 g/mol. The maximum atomic E-state index is 5.95. The lowest BCUT2D eigenvalue weighted by Gasteiger charge is -2.22. The van der Waals surface area contributed by atoms with Gasteiger partial charge in [-0.05, 0) is 30.0 Å². The van der Waals surface area contributed by atoms with Crippen molar-refractivity contribution in [2.24, 2.45) is 0 Å². The minimum Gasteiger partial charge on any atom is -0.492 e. The summed E-state index contributed by atoms with van der Waals surface area (Å²) in [5, 5.41) is 3.47. The summed E-state index contributed by atoms with van der Waals surface area (Å²) in [5.74, 6) is 1.02. The van der Waals surface area contributed by atoms with E-state index in [9.17, 15) is 0 Å². The molecule has 0 aliphatic carbocycles. The van der Waals surface area contributed by atoms with E-state index in [1.54, 1.807) is 0 Å². The molecule has 0 bridgehead atoms. The Balaban J connectivity index is 2.19. The van der Waals surface area contributed by atoms with E-state index < -0.39 is 0 Å². The lowest BCUT2D eigenvalue weighted by molar-refractivity contribution is 0.305. The van der Waals surface area contributed by atoms with E-state index in [0.29, 0.717) is 0 Å². The van der Waals surface area contributed by atoms with Crippen LogP contribution in [0.2, 0.25) is 0 Å². The van der Waals surface area contributed by atoms with Gasteiger partial charge in [0.25, 0.3) is 0 Å². The standard InChI is InChI=1S/C19H33NO/c1-5-6-7-8-11-14-20-15-16-21-18-13-10-9-12-17(18)19(2,3)4/h9-10,12-13,20H,5-8,11,14-16H2,1-4H3. The summed E-state index contributed by atoms with van der Waals surface area (Å²) >= 11 is 0. The molecule has 120 valence electrons. The molecule has 0 spiro atoms. The first-order valence-electron chi connectivity index (χ1n) is 8.48. The van der Waals surface area contributed by atoms with Crippen molar-refractivity contribution in [2.75, 3.05) is 19.7 Å². The van der Waals surface area contributed by atoms with E-state index in [0.717, 1.165) is 25.4 Å². The molecule has 0 saturated carbocycles. The predicted octanol–water partition coefficient (Wildman–Crippen LogP) is 4.92. The fourth-order valence-electron chi connectivity index (χ4n) is 2.42. The number of rotatable bonds is 10. The molecule has 0 amide bonds. The van der Waals surface area contributed by atoms with Crippen molar-refractivity contribution in [1.82, 2.24) is 5.32 Å². The van der Waals surface area contributed by atoms with Crippen molar-refractivity contribution in [3.8, 4) is 5.75 Å². The molecule has 1 N–H and O–H groups in total. The van der Waals surface area contributed by atoms with Crippen LogP contribution in [0.3, 0.4) is 0 Å². The van der Waals surface area contributed by atoms with Gasteiger partial charge in [0.1, 0.15) is 12.4 Å². The molecule has 2 heteroatoms. The lowest BCUT2D eigenvalue weighted by atomic mass is 9.86. The van der Waals surface area contributed by atoms with Gasteiger partial charge in [0.05, 0.1) is 0 Å². The third kappa shape index (κ3) is 7.52. The summed E-state index contributed by atoms with van der Waals surface area (Å²) in [6.45, 7) is 11.7. The average molecular weight is 291 g/mol. The zero-order valence-electron chi connectivity index (χ0n) is 14.4. The van der Waals surface area contributed by atoms with Crippen LogP contribution >= 0.6 is 0 Å². The molecule has 21 heavy (non-hydrogen) atoms. The first-order chi connectivity index (χ1) is 10.1. The van der Waals surface area contributed by atoms with Crippen LogP contribution in [0.4, 0.5) is 0 Å². The van der Waals surface area contributed by atoms with Gasteiger partial charge in [-0.3, -0.25) is 0 Å². The summed E-state index contributed by atoms with van der Waals surface area (Å²) < 4.78 is 5.95. The maximum Gasteiger partial charge on any atom is 0.123 e. The van der Waals surface area contributed by atoms with Crippen LogP contribution in [0.5, 0.6) is 5.75 Å². The topological polar surface area (TPSA) is 21.3 Å². The summed E-state index contributed by atoms with van der Waals surface area (Å²) in [4.78, 5) is 0. The van der Waals surface area contributed by atoms with Gasteiger partial charge in [-0.2, -0.15) is 0 Å². The third-order valence-electron chi connectivity index (χ3n) is 3.69. The molecule has 0 aromatic heterocycles. The second kappa shape index (κ2) is 9.83. The molecule has 0 aliphatic rings. The molecule has 1 aromatic carbocycles. The van der Waals surface area contributed by atoms with Crippen LogP contribution < -0.4 is 10.1 Å². The van der Waals surface area contributed by atoms with Crippen molar-refractivity contribution < 1.29 is 4.74 Å². The van der Waals surface area contributed by atoms with Crippen molar-refractivity contribution in [2.45, 2.75) is 65.2 Å². The van der Waals surface area contributed by atoms with E-state index >= 15 is 0 Å². The number of hydrogen-bond donors (Lipinski definition) is 1. The zero-order chi connectivity index (χ0) is 15.6. The highest BCUT2D eigenvalue weighted by molar-refractivity contribution is 5.38. The minimum absolute atomic E-state index is 0.128. The number of ether oxygens (including phenoxy) is 1. The van der Waals surface area contributed by atoms with Crippen LogP contribution in [0, 0.1) is 0 Å². The summed E-state index contributed by atoms with van der Waals surface area (Å²) in [5.41, 5.74) is 1.41. The van der Waals surface area contributed by atoms with Gasteiger partial charge in [0, 0.05) is 6.54 Å². The van der Waals surface area contributed by atoms with Crippen molar-refractivity contribution >= 4 is 0 Å². The van der Waals surface area contributed by atoms with Crippen molar-refractivity contribution in [3.05, 3.63) is 29.8 Å². The second-order valence-electron chi connectivity index (χ2n) is 6.76. The maximum absolute atomic E-state index is 5.95. The molecule has 1 rings (SSSR count). The molecule has 2 nitrogen and oxygen atoms in total. The van der Waals surface area contributed by atoms with Crippen molar-refractivity contribution in [3.63, 3.8) is 0 Å². The Morgan fingerprint density at radius 1 is 0.952 bits per heavy atom. The molecular formula is C19H33NO. The predicted molar refractivity (Wildman–Crippen MR) is 92.3 cm³/mol. The van der Waals surface area contributed by atoms with E-state index in [2.05, 4.69) is 51.2 Å². The number of nitrogens with one attached hydrogen (secondary N) is 1. The fourth-order valence-corrected chi connectivity index (χ4v) is 2.42. The molecular weight excluding hydrogens is 258 g/mol. The first kappa shape index (κ1) is 18.0. The quantitative estimate of drug-likeness (QED) is 0.618. The highest BCUT2D eigenvalue weighted by Crippen LogP contribution is 2.30. The minimum atomic E-state index is 0.128. The van der Waals surface area contributed by atoms with Crippen LogP contribution in [-0.2, 0) is 5.41 Å². The van der Waals surface area contributed by atoms with Crippen molar-refractivity contribution in [1.29, 1.82) is 0 Å². The molecule has 0 unspecified atom stereocenters. The van der Waals surface area contributed by atoms with E-state index in [4.69, 9.17) is 4.74 Å². The molecule has 0 saturated heterocycles. The van der Waals surface area contributed by atoms with Crippen LogP contribution in [-0.4, -0.2) is 19.7 Å². The fraction of sp³-hybridized carbons (Fsp3) is 0.684. The number of unbranched alkanes of at least 4 members (excludes halogenated alkanes) is 4. The Morgan fingerprint density at radius 3 is 2.38 bits per heavy atom. The summed E-state index contributed by atoms with van der Waals surface area (Å²) in [7, 11) is 0. The largest absolute Gasteiger partial charge is 0.492 e. The Hall–Kier alpha value is -1.02. The smallest absolute Gasteiger partial charge is 0.123 e. The van der Waals surface area contributed by atoms with Gasteiger partial charge in [-0.15, -0.1) is 0 Å². The van der Waals surface area contributed by atoms with Gasteiger partial charge in [-0.1, -0.05) is 71.6 Å². The van der Waals surface area contributed by atoms with E-state index in [-0.39, 0.29) is 5.41 Å². The highest BCUT2D eigenvalue weighted by atomic mass is 16.5. The third-order valence-corrected chi connectivity index (χ3v) is 3.69. The second-order valence-corrected chi connectivity index (χ2v) is 6.76. The van der Waals surface area contributed by atoms with Crippen LogP contribution in [0.25, 0.3) is 0 Å². The number of benzene rings is 1. The summed E-state index contributed by atoms with van der Waals surface area (Å²) in [6, 6.07) is 8.37. The zero-order valence-corrected chi connectivity index (χ0v) is 14.4. The SMILES string of the molecule is CCCCCCCNCCOc1ccccc1C(C)(C)C. The van der Waals surface area contributed by atoms with E-state index in [1.165, 1.54) is 37.7 Å². The van der Waals surface area contributed by atoms with Gasteiger partial charge in [0.15, 0.2) is 0 Å². The molecule has 0 fully saturated rings. The number of para-hydroxylation sites is 1. The molecule has 0 radical (unpaired) electrons. The Kier molecular flexibility index (Phi) is 8.44. The molecule has 0 heterocycles. The van der Waals surface area contributed by atoms with Crippen LogP contribution in [0.1, 0.15) is 65.4 Å². The van der Waals surface area contributed by atoms with Gasteiger partial charge < -0.3 is 10.1 Å². The molecule has 0 aliphatic heterocycles. The first-order valence-corrected chi connectivity index (χ1v) is 8.48. The van der Waals surface area contributed by atoms with E-state index in [1.807, 2.05) is 6.07 Å². The molecule has 0 atom stereocenters. The van der Waals surface area contributed by atoms with Gasteiger partial charge in [-0.25, -0.2) is 0 Å². The van der Waals surface area contributed by atoms with Gasteiger partial charge in [0.2, 0.25) is 0 Å². The Labute approximate surface area is 131 Å². The Morgan fingerprint density at radius 2 is 1.67 bits per heavy atom. The summed E-state index contributed by atoms with van der Waals surface area (Å²) in [6.07, 6.45) is 6.67. The van der Waals surface area contributed by atoms with Gasteiger partial charge >= 0.3 is 0 Å². The number of hydrogen-bond acceptors (Lipinski definition) is 2. The van der Waals surface area contributed by atoms with Crippen LogP contribution in [0.15, 0.2) is 24.3 Å². The highest BCUT2D eigenvalue weighted by Gasteiger charge is 2.17. The normalized spacial score (nSPS) is 11.6. The Bertz CT molecular complexity index is 381. The lowest BCUT2D eigenvalue weighted by Crippen LogP contribution is -2.23. The average Bonchev–Trinajstić information content (AvgIpc) is 2.45.